The van der Waals surface area contributed by atoms with Crippen molar-refractivity contribution < 1.29 is 19.1 Å². The van der Waals surface area contributed by atoms with E-state index < -0.39 is 11.9 Å². The molecule has 2 N–H and O–H groups in total. The molecular weight excluding hydrogens is 324 g/mol. The lowest BCUT2D eigenvalue weighted by atomic mass is 9.91. The summed E-state index contributed by atoms with van der Waals surface area (Å²) >= 11 is 0. The molecule has 1 aliphatic heterocycles. The maximum atomic E-state index is 12.5. The Morgan fingerprint density at radius 3 is 2.80 bits per heavy atom. The van der Waals surface area contributed by atoms with Gasteiger partial charge in [-0.3, -0.25) is 4.79 Å². The molecule has 1 aromatic heterocycles. The van der Waals surface area contributed by atoms with Crippen LogP contribution in [-0.4, -0.2) is 54.2 Å². The Morgan fingerprint density at radius 1 is 1.36 bits per heavy atom. The van der Waals surface area contributed by atoms with E-state index >= 15 is 0 Å². The van der Waals surface area contributed by atoms with Crippen LogP contribution in [0.4, 0.5) is 16.5 Å². The predicted molar refractivity (Wildman–Crippen MR) is 93.8 cm³/mol. The van der Waals surface area contributed by atoms with E-state index in [9.17, 15) is 14.7 Å². The number of nitrogens with zero attached hydrogens (tertiary/aromatic N) is 3. The van der Waals surface area contributed by atoms with Gasteiger partial charge in [-0.2, -0.15) is 4.98 Å². The highest BCUT2D eigenvalue weighted by Crippen LogP contribution is 2.25. The lowest BCUT2D eigenvalue weighted by Gasteiger charge is -2.34. The number of carbonyl (C=O) groups excluding carboxylic acids is 1. The second-order valence-electron chi connectivity index (χ2n) is 6.78. The van der Waals surface area contributed by atoms with Crippen molar-refractivity contribution in [3.63, 3.8) is 0 Å². The molecule has 0 saturated carbocycles. The van der Waals surface area contributed by atoms with E-state index in [0.717, 1.165) is 0 Å². The molecule has 25 heavy (non-hydrogen) atoms. The first-order valence-corrected chi connectivity index (χ1v) is 8.20. The topological polar surface area (TPSA) is 98.9 Å². The van der Waals surface area contributed by atoms with E-state index in [-0.39, 0.29) is 18.5 Å². The number of likely N-dealkylation sites (tertiary alicyclic amines) is 1. The number of aromatic nitrogens is 1. The number of rotatable bonds is 3. The molecule has 2 aromatic rings. The predicted octanol–water partition coefficient (Wildman–Crippen LogP) is 2.47. The number of carboxylic acid groups (broad SMARTS) is 1. The van der Waals surface area contributed by atoms with E-state index in [2.05, 4.69) is 10.3 Å². The Kier molecular flexibility index (Phi) is 4.52. The molecule has 8 heteroatoms. The van der Waals surface area contributed by atoms with E-state index in [1.807, 2.05) is 21.0 Å². The van der Waals surface area contributed by atoms with Crippen LogP contribution < -0.4 is 10.2 Å². The third kappa shape index (κ3) is 3.67. The second-order valence-corrected chi connectivity index (χ2v) is 6.78. The molecule has 2 atom stereocenters. The molecule has 1 fully saturated rings. The quantitative estimate of drug-likeness (QED) is 0.886. The molecule has 0 bridgehead atoms. The van der Waals surface area contributed by atoms with Crippen molar-refractivity contribution in [1.29, 1.82) is 0 Å². The first kappa shape index (κ1) is 17.1. The number of hydrogen-bond acceptors (Lipinski definition) is 5. The van der Waals surface area contributed by atoms with Gasteiger partial charge in [0.05, 0.1) is 5.92 Å². The van der Waals surface area contributed by atoms with Crippen molar-refractivity contribution in [2.45, 2.75) is 13.3 Å². The third-order valence-electron chi connectivity index (χ3n) is 4.31. The zero-order valence-electron chi connectivity index (χ0n) is 14.5. The highest BCUT2D eigenvalue weighted by molar-refractivity contribution is 5.92. The first-order chi connectivity index (χ1) is 11.8. The van der Waals surface area contributed by atoms with Crippen LogP contribution >= 0.6 is 0 Å². The maximum Gasteiger partial charge on any atom is 0.321 e. The number of carbonyl (C=O) groups is 2. The lowest BCUT2D eigenvalue weighted by molar-refractivity contribution is -0.143. The highest BCUT2D eigenvalue weighted by atomic mass is 16.4. The van der Waals surface area contributed by atoms with Crippen molar-refractivity contribution in [2.75, 3.05) is 37.4 Å². The van der Waals surface area contributed by atoms with Gasteiger partial charge in [-0.05, 0) is 30.5 Å². The molecule has 2 unspecified atom stereocenters. The number of fused-ring (bicyclic) bond motifs is 1. The lowest BCUT2D eigenvalue weighted by Crippen LogP contribution is -2.47. The summed E-state index contributed by atoms with van der Waals surface area (Å²) in [7, 11) is 3.67. The molecule has 0 aliphatic carbocycles. The minimum atomic E-state index is -0.857. The van der Waals surface area contributed by atoms with Gasteiger partial charge in [0.25, 0.3) is 6.01 Å². The summed E-state index contributed by atoms with van der Waals surface area (Å²) in [4.78, 5) is 31.4. The summed E-state index contributed by atoms with van der Waals surface area (Å²) in [6, 6.07) is 5.43. The molecule has 134 valence electrons. The van der Waals surface area contributed by atoms with E-state index in [1.165, 1.54) is 0 Å². The fourth-order valence-corrected chi connectivity index (χ4v) is 3.08. The highest BCUT2D eigenvalue weighted by Gasteiger charge is 2.31. The Bertz CT molecular complexity index is 801. The average Bonchev–Trinajstić information content (AvgIpc) is 2.97. The zero-order valence-corrected chi connectivity index (χ0v) is 14.5. The summed E-state index contributed by atoms with van der Waals surface area (Å²) < 4.78 is 5.59. The second kappa shape index (κ2) is 6.62. The van der Waals surface area contributed by atoms with Crippen LogP contribution in [0.3, 0.4) is 0 Å². The average molecular weight is 346 g/mol. The Labute approximate surface area is 145 Å². The van der Waals surface area contributed by atoms with Gasteiger partial charge in [-0.25, -0.2) is 4.79 Å². The van der Waals surface area contributed by atoms with Gasteiger partial charge in [-0.15, -0.1) is 0 Å². The summed E-state index contributed by atoms with van der Waals surface area (Å²) in [6.07, 6.45) is 0.595. The van der Waals surface area contributed by atoms with E-state index in [0.29, 0.717) is 35.8 Å². The van der Waals surface area contributed by atoms with Crippen molar-refractivity contribution in [3.05, 3.63) is 18.2 Å². The van der Waals surface area contributed by atoms with Crippen LogP contribution in [0.5, 0.6) is 0 Å². The van der Waals surface area contributed by atoms with E-state index in [1.54, 1.807) is 28.0 Å². The standard InChI is InChI=1S/C17H22N4O4/c1-10-6-11(15(22)23)9-21(8-10)16(24)18-12-4-5-14-13(7-12)19-17(25-14)20(2)3/h4-5,7,10-11H,6,8-9H2,1-3H3,(H,18,24)(H,22,23). The summed E-state index contributed by atoms with van der Waals surface area (Å²) in [5.74, 6) is -1.22. The number of nitrogens with one attached hydrogen (secondary N) is 1. The third-order valence-corrected chi connectivity index (χ3v) is 4.31. The molecule has 1 aliphatic rings. The number of benzene rings is 1. The number of amides is 2. The minimum absolute atomic E-state index is 0.154. The Balaban J connectivity index is 1.73. The van der Waals surface area contributed by atoms with Crippen LogP contribution in [0.25, 0.3) is 11.1 Å². The largest absolute Gasteiger partial charge is 0.481 e. The molecule has 1 saturated heterocycles. The number of oxazole rings is 1. The first-order valence-electron chi connectivity index (χ1n) is 8.20. The van der Waals surface area contributed by atoms with Crippen LogP contribution in [0.1, 0.15) is 13.3 Å². The SMILES string of the molecule is CC1CC(C(=O)O)CN(C(=O)Nc2ccc3oc(N(C)C)nc3c2)C1. The van der Waals surface area contributed by atoms with Gasteiger partial charge < -0.3 is 24.6 Å². The van der Waals surface area contributed by atoms with Crippen molar-refractivity contribution in [3.8, 4) is 0 Å². The number of piperidine rings is 1. The fraction of sp³-hybridized carbons (Fsp3) is 0.471. The fourth-order valence-electron chi connectivity index (χ4n) is 3.08. The van der Waals surface area contributed by atoms with Crippen molar-refractivity contribution in [2.24, 2.45) is 11.8 Å². The van der Waals surface area contributed by atoms with Crippen LogP contribution in [0.2, 0.25) is 0 Å². The molecule has 1 aromatic carbocycles. The van der Waals surface area contributed by atoms with E-state index in [4.69, 9.17) is 4.42 Å². The van der Waals surface area contributed by atoms with Gasteiger partial charge in [0.15, 0.2) is 5.58 Å². The van der Waals surface area contributed by atoms with Gasteiger partial charge >= 0.3 is 12.0 Å². The molecule has 0 radical (unpaired) electrons. The number of carboxylic acids is 1. The summed E-state index contributed by atoms with van der Waals surface area (Å²) in [5, 5.41) is 12.1. The normalized spacial score (nSPS) is 20.5. The smallest absolute Gasteiger partial charge is 0.321 e. The molecule has 0 spiro atoms. The molecule has 3 rings (SSSR count). The number of urea groups is 1. The number of aliphatic carboxylic acids is 1. The molecule has 8 nitrogen and oxygen atoms in total. The van der Waals surface area contributed by atoms with Crippen LogP contribution in [0.15, 0.2) is 22.6 Å². The Hall–Kier alpha value is -2.77. The van der Waals surface area contributed by atoms with Crippen LogP contribution in [-0.2, 0) is 4.79 Å². The van der Waals surface area contributed by atoms with Gasteiger partial charge in [0.1, 0.15) is 5.52 Å². The maximum absolute atomic E-state index is 12.5. The van der Waals surface area contributed by atoms with Gasteiger partial charge in [-0.1, -0.05) is 6.92 Å². The monoisotopic (exact) mass is 346 g/mol. The van der Waals surface area contributed by atoms with Crippen molar-refractivity contribution >= 4 is 34.8 Å². The van der Waals surface area contributed by atoms with Gasteiger partial charge in [0, 0.05) is 32.9 Å². The number of anilines is 2. The summed E-state index contributed by atoms with van der Waals surface area (Å²) in [5.41, 5.74) is 1.89. The Morgan fingerprint density at radius 2 is 2.12 bits per heavy atom. The molecule has 2 heterocycles. The molecule has 2 amide bonds. The van der Waals surface area contributed by atoms with Gasteiger partial charge in [0.2, 0.25) is 0 Å². The zero-order chi connectivity index (χ0) is 18.1. The number of hydrogen-bond donors (Lipinski definition) is 2. The molecular formula is C17H22N4O4. The minimum Gasteiger partial charge on any atom is -0.481 e. The summed E-state index contributed by atoms with van der Waals surface area (Å²) in [6.45, 7) is 2.73. The van der Waals surface area contributed by atoms with Crippen LogP contribution in [0, 0.1) is 11.8 Å². The van der Waals surface area contributed by atoms with Crippen molar-refractivity contribution in [1.82, 2.24) is 9.88 Å².